The second-order valence-electron chi connectivity index (χ2n) is 4.22. The van der Waals surface area contributed by atoms with Crippen LogP contribution in [0.5, 0.6) is 0 Å². The molecule has 0 saturated carbocycles. The minimum absolute atomic E-state index is 0.478. The van der Waals surface area contributed by atoms with Crippen LogP contribution in [0, 0.1) is 0 Å². The van der Waals surface area contributed by atoms with Crippen molar-refractivity contribution in [2.24, 2.45) is 0 Å². The van der Waals surface area contributed by atoms with E-state index in [1.54, 1.807) is 19.4 Å². The molecule has 0 aromatic carbocycles. The van der Waals surface area contributed by atoms with E-state index in [4.69, 9.17) is 4.42 Å². The average Bonchev–Trinajstić information content (AvgIpc) is 2.89. The van der Waals surface area contributed by atoms with Crippen LogP contribution in [0.4, 0.5) is 5.82 Å². The summed E-state index contributed by atoms with van der Waals surface area (Å²) < 4.78 is 5.35. The van der Waals surface area contributed by atoms with E-state index in [9.17, 15) is 5.11 Å². The van der Waals surface area contributed by atoms with Crippen molar-refractivity contribution in [1.29, 1.82) is 0 Å². The lowest BCUT2D eigenvalue weighted by atomic mass is 10.1. The van der Waals surface area contributed by atoms with Gasteiger partial charge in [-0.05, 0) is 43.7 Å². The Bertz CT molecular complexity index is 480. The van der Waals surface area contributed by atoms with E-state index in [2.05, 4.69) is 16.8 Å². The molecule has 96 valence electrons. The summed E-state index contributed by atoms with van der Waals surface area (Å²) in [6.07, 6.45) is 2.92. The molecule has 2 aromatic heterocycles. The van der Waals surface area contributed by atoms with E-state index in [0.29, 0.717) is 6.54 Å². The topological polar surface area (TPSA) is 49.5 Å². The van der Waals surface area contributed by atoms with Crippen molar-refractivity contribution in [2.75, 3.05) is 11.4 Å². The first-order valence-corrected chi connectivity index (χ1v) is 6.12. The van der Waals surface area contributed by atoms with Crippen LogP contribution in [0.3, 0.4) is 0 Å². The zero-order valence-electron chi connectivity index (χ0n) is 10.7. The third kappa shape index (κ3) is 2.90. The van der Waals surface area contributed by atoms with E-state index < -0.39 is 6.10 Å². The molecule has 2 rings (SSSR count). The largest absolute Gasteiger partial charge is 0.467 e. The van der Waals surface area contributed by atoms with Crippen LogP contribution in [-0.4, -0.2) is 16.6 Å². The smallest absolute Gasteiger partial charge is 0.129 e. The molecule has 2 heterocycles. The summed E-state index contributed by atoms with van der Waals surface area (Å²) in [6, 6.07) is 7.57. The van der Waals surface area contributed by atoms with Gasteiger partial charge in [0.2, 0.25) is 0 Å². The van der Waals surface area contributed by atoms with E-state index in [1.807, 2.05) is 24.3 Å². The summed E-state index contributed by atoms with van der Waals surface area (Å²) in [5.74, 6) is 1.76. The lowest BCUT2D eigenvalue weighted by molar-refractivity contribution is 0.199. The zero-order valence-corrected chi connectivity index (χ0v) is 10.7. The summed E-state index contributed by atoms with van der Waals surface area (Å²) in [4.78, 5) is 6.45. The number of rotatable bonds is 5. The van der Waals surface area contributed by atoms with Crippen LogP contribution in [0.2, 0.25) is 0 Å². The van der Waals surface area contributed by atoms with Crippen molar-refractivity contribution in [1.82, 2.24) is 4.98 Å². The molecule has 2 aromatic rings. The maximum absolute atomic E-state index is 9.59. The van der Waals surface area contributed by atoms with Crippen LogP contribution in [0.25, 0.3) is 0 Å². The third-order valence-electron chi connectivity index (χ3n) is 2.88. The molecule has 1 atom stereocenters. The molecule has 0 amide bonds. The predicted molar refractivity (Wildman–Crippen MR) is 70.3 cm³/mol. The van der Waals surface area contributed by atoms with Gasteiger partial charge in [-0.15, -0.1) is 0 Å². The SMILES string of the molecule is CCN(Cc1ccco1)c1cc([C@@H](C)O)ccn1. The molecule has 0 aliphatic heterocycles. The molecule has 0 unspecified atom stereocenters. The van der Waals surface area contributed by atoms with Crippen LogP contribution < -0.4 is 4.90 Å². The summed E-state index contributed by atoms with van der Waals surface area (Å²) in [6.45, 7) is 5.33. The van der Waals surface area contributed by atoms with Gasteiger partial charge in [0, 0.05) is 12.7 Å². The highest BCUT2D eigenvalue weighted by Crippen LogP contribution is 2.19. The van der Waals surface area contributed by atoms with Gasteiger partial charge in [-0.3, -0.25) is 0 Å². The molecule has 1 N–H and O–H groups in total. The third-order valence-corrected chi connectivity index (χ3v) is 2.88. The van der Waals surface area contributed by atoms with Gasteiger partial charge in [0.1, 0.15) is 11.6 Å². The van der Waals surface area contributed by atoms with E-state index in [0.717, 1.165) is 23.7 Å². The maximum Gasteiger partial charge on any atom is 0.129 e. The summed E-state index contributed by atoms with van der Waals surface area (Å²) in [7, 11) is 0. The minimum Gasteiger partial charge on any atom is -0.467 e. The van der Waals surface area contributed by atoms with Crippen molar-refractivity contribution >= 4 is 5.82 Å². The van der Waals surface area contributed by atoms with Gasteiger partial charge in [0.15, 0.2) is 0 Å². The summed E-state index contributed by atoms with van der Waals surface area (Å²) >= 11 is 0. The summed E-state index contributed by atoms with van der Waals surface area (Å²) in [5, 5.41) is 9.59. The number of aliphatic hydroxyl groups excluding tert-OH is 1. The molecule has 4 nitrogen and oxygen atoms in total. The first-order chi connectivity index (χ1) is 8.70. The number of hydrogen-bond acceptors (Lipinski definition) is 4. The van der Waals surface area contributed by atoms with Crippen molar-refractivity contribution in [3.63, 3.8) is 0 Å². The summed E-state index contributed by atoms with van der Waals surface area (Å²) in [5.41, 5.74) is 0.873. The van der Waals surface area contributed by atoms with Crippen LogP contribution in [-0.2, 0) is 6.54 Å². The van der Waals surface area contributed by atoms with Crippen LogP contribution in [0.15, 0.2) is 41.1 Å². The van der Waals surface area contributed by atoms with Gasteiger partial charge < -0.3 is 14.4 Å². The molecule has 0 saturated heterocycles. The molecule has 0 fully saturated rings. The zero-order chi connectivity index (χ0) is 13.0. The van der Waals surface area contributed by atoms with Gasteiger partial charge in [-0.2, -0.15) is 0 Å². The fourth-order valence-electron chi connectivity index (χ4n) is 1.81. The molecule has 0 spiro atoms. The monoisotopic (exact) mass is 246 g/mol. The second kappa shape index (κ2) is 5.69. The number of anilines is 1. The van der Waals surface area contributed by atoms with Gasteiger partial charge >= 0.3 is 0 Å². The second-order valence-corrected chi connectivity index (χ2v) is 4.22. The first kappa shape index (κ1) is 12.6. The fraction of sp³-hybridized carbons (Fsp3) is 0.357. The highest BCUT2D eigenvalue weighted by molar-refractivity contribution is 5.41. The van der Waals surface area contributed by atoms with Crippen molar-refractivity contribution in [3.05, 3.63) is 48.0 Å². The Balaban J connectivity index is 2.19. The Morgan fingerprint density at radius 3 is 2.89 bits per heavy atom. The van der Waals surface area contributed by atoms with E-state index in [1.165, 1.54) is 0 Å². The quantitative estimate of drug-likeness (QED) is 0.881. The first-order valence-electron chi connectivity index (χ1n) is 6.12. The molecular formula is C14H18N2O2. The number of nitrogens with zero attached hydrogens (tertiary/aromatic N) is 2. The Hall–Kier alpha value is -1.81. The Labute approximate surface area is 107 Å². The van der Waals surface area contributed by atoms with Crippen molar-refractivity contribution in [2.45, 2.75) is 26.5 Å². The average molecular weight is 246 g/mol. The van der Waals surface area contributed by atoms with E-state index in [-0.39, 0.29) is 0 Å². The minimum atomic E-state index is -0.478. The molecule has 4 heteroatoms. The highest BCUT2D eigenvalue weighted by atomic mass is 16.3. The molecule has 0 bridgehead atoms. The normalized spacial score (nSPS) is 12.4. The number of aromatic nitrogens is 1. The standard InChI is InChI=1S/C14H18N2O2/c1-3-16(10-13-5-4-8-18-13)14-9-12(11(2)17)6-7-15-14/h4-9,11,17H,3,10H2,1-2H3/t11-/m1/s1. The van der Waals surface area contributed by atoms with Crippen molar-refractivity contribution in [3.8, 4) is 0 Å². The number of pyridine rings is 1. The number of furan rings is 1. The molecule has 0 aliphatic rings. The highest BCUT2D eigenvalue weighted by Gasteiger charge is 2.10. The van der Waals surface area contributed by atoms with Crippen LogP contribution in [0.1, 0.15) is 31.3 Å². The lowest BCUT2D eigenvalue weighted by Gasteiger charge is -2.21. The Morgan fingerprint density at radius 2 is 2.28 bits per heavy atom. The van der Waals surface area contributed by atoms with Gasteiger partial charge in [-0.25, -0.2) is 4.98 Å². The fourth-order valence-corrected chi connectivity index (χ4v) is 1.81. The van der Waals surface area contributed by atoms with E-state index >= 15 is 0 Å². The van der Waals surface area contributed by atoms with Gasteiger partial charge in [0.25, 0.3) is 0 Å². The van der Waals surface area contributed by atoms with Gasteiger partial charge in [-0.1, -0.05) is 0 Å². The van der Waals surface area contributed by atoms with Crippen LogP contribution >= 0.6 is 0 Å². The number of aliphatic hydroxyl groups is 1. The molecule has 0 aliphatic carbocycles. The number of hydrogen-bond donors (Lipinski definition) is 1. The predicted octanol–water partition coefficient (Wildman–Crippen LogP) is 2.75. The molecule has 18 heavy (non-hydrogen) atoms. The van der Waals surface area contributed by atoms with Crippen molar-refractivity contribution < 1.29 is 9.52 Å². The lowest BCUT2D eigenvalue weighted by Crippen LogP contribution is -2.23. The molecular weight excluding hydrogens is 228 g/mol. The Kier molecular flexibility index (Phi) is 3.99. The maximum atomic E-state index is 9.59. The van der Waals surface area contributed by atoms with Gasteiger partial charge in [0.05, 0.1) is 18.9 Å². The Morgan fingerprint density at radius 1 is 1.44 bits per heavy atom. The molecule has 0 radical (unpaired) electrons.